The number of rotatable bonds is 3. The molecule has 5 heteroatoms. The standard InChI is InChI=1S/C17H22FN3O/c1-17(2,3)16-19-15(22-20-16)13-8-9-21(11-13)10-12-4-6-14(18)7-5-12/h4-7,13H,8-11H2,1-3H3. The molecule has 1 aliphatic heterocycles. The minimum absolute atomic E-state index is 0.0891. The lowest BCUT2D eigenvalue weighted by Gasteiger charge is -2.15. The van der Waals surface area contributed by atoms with Crippen molar-refractivity contribution in [3.8, 4) is 0 Å². The Balaban J connectivity index is 1.62. The van der Waals surface area contributed by atoms with Crippen LogP contribution in [0.25, 0.3) is 0 Å². The van der Waals surface area contributed by atoms with E-state index in [4.69, 9.17) is 4.52 Å². The molecule has 1 aromatic heterocycles. The van der Waals surface area contributed by atoms with Gasteiger partial charge in [0.05, 0.1) is 5.92 Å². The highest BCUT2D eigenvalue weighted by molar-refractivity contribution is 5.16. The second-order valence-corrected chi connectivity index (χ2v) is 7.05. The van der Waals surface area contributed by atoms with Gasteiger partial charge < -0.3 is 4.52 Å². The summed E-state index contributed by atoms with van der Waals surface area (Å²) in [5.74, 6) is 1.61. The summed E-state index contributed by atoms with van der Waals surface area (Å²) < 4.78 is 18.4. The van der Waals surface area contributed by atoms with Crippen molar-refractivity contribution in [1.82, 2.24) is 15.0 Å². The van der Waals surface area contributed by atoms with Crippen LogP contribution in [0.3, 0.4) is 0 Å². The second-order valence-electron chi connectivity index (χ2n) is 7.05. The van der Waals surface area contributed by atoms with E-state index in [0.717, 1.165) is 43.3 Å². The highest BCUT2D eigenvalue weighted by Gasteiger charge is 2.30. The lowest BCUT2D eigenvalue weighted by Crippen LogP contribution is -2.20. The molecular weight excluding hydrogens is 281 g/mol. The molecule has 0 radical (unpaired) electrons. The number of benzene rings is 1. The maximum atomic E-state index is 12.9. The zero-order valence-corrected chi connectivity index (χ0v) is 13.3. The summed E-state index contributed by atoms with van der Waals surface area (Å²) in [5, 5.41) is 4.10. The van der Waals surface area contributed by atoms with Crippen molar-refractivity contribution in [2.45, 2.75) is 45.1 Å². The van der Waals surface area contributed by atoms with E-state index in [1.165, 1.54) is 12.1 Å². The third-order valence-corrected chi connectivity index (χ3v) is 4.05. The minimum atomic E-state index is -0.191. The number of aromatic nitrogens is 2. The first-order valence-electron chi connectivity index (χ1n) is 7.73. The summed E-state index contributed by atoms with van der Waals surface area (Å²) in [6.45, 7) is 8.97. The third-order valence-electron chi connectivity index (χ3n) is 4.05. The quantitative estimate of drug-likeness (QED) is 0.870. The molecule has 0 aliphatic carbocycles. The van der Waals surface area contributed by atoms with E-state index in [0.29, 0.717) is 5.92 Å². The summed E-state index contributed by atoms with van der Waals surface area (Å²) in [6, 6.07) is 6.70. The monoisotopic (exact) mass is 303 g/mol. The van der Waals surface area contributed by atoms with Crippen molar-refractivity contribution in [3.05, 3.63) is 47.4 Å². The van der Waals surface area contributed by atoms with Crippen molar-refractivity contribution in [3.63, 3.8) is 0 Å². The molecule has 1 unspecified atom stereocenters. The van der Waals surface area contributed by atoms with Gasteiger partial charge in [-0.2, -0.15) is 4.98 Å². The number of halogens is 1. The molecule has 2 heterocycles. The van der Waals surface area contributed by atoms with E-state index in [1.807, 2.05) is 12.1 Å². The smallest absolute Gasteiger partial charge is 0.231 e. The third kappa shape index (κ3) is 3.35. The van der Waals surface area contributed by atoms with Crippen LogP contribution in [0.4, 0.5) is 4.39 Å². The Bertz CT molecular complexity index is 630. The summed E-state index contributed by atoms with van der Waals surface area (Å²) in [4.78, 5) is 6.91. The van der Waals surface area contributed by atoms with E-state index >= 15 is 0 Å². The van der Waals surface area contributed by atoms with Crippen LogP contribution in [0.2, 0.25) is 0 Å². The molecule has 3 rings (SSSR count). The molecule has 1 atom stereocenters. The molecule has 0 spiro atoms. The maximum Gasteiger partial charge on any atom is 0.231 e. The summed E-state index contributed by atoms with van der Waals surface area (Å²) in [5.41, 5.74) is 1.04. The summed E-state index contributed by atoms with van der Waals surface area (Å²) >= 11 is 0. The van der Waals surface area contributed by atoms with E-state index in [9.17, 15) is 4.39 Å². The first-order chi connectivity index (χ1) is 10.4. The molecule has 2 aromatic rings. The first kappa shape index (κ1) is 15.2. The largest absolute Gasteiger partial charge is 0.339 e. The normalized spacial score (nSPS) is 19.7. The minimum Gasteiger partial charge on any atom is -0.339 e. The Morgan fingerprint density at radius 3 is 2.64 bits per heavy atom. The van der Waals surface area contributed by atoms with Crippen molar-refractivity contribution >= 4 is 0 Å². The van der Waals surface area contributed by atoms with Crippen LogP contribution in [0.15, 0.2) is 28.8 Å². The highest BCUT2D eigenvalue weighted by Crippen LogP contribution is 2.29. The molecule has 1 aromatic carbocycles. The predicted molar refractivity (Wildman–Crippen MR) is 82.0 cm³/mol. The molecule has 0 saturated carbocycles. The van der Waals surface area contributed by atoms with Crippen molar-refractivity contribution in [2.75, 3.05) is 13.1 Å². The average molecular weight is 303 g/mol. The van der Waals surface area contributed by atoms with Gasteiger partial charge in [0.15, 0.2) is 5.82 Å². The topological polar surface area (TPSA) is 42.2 Å². The van der Waals surface area contributed by atoms with Crippen molar-refractivity contribution < 1.29 is 8.91 Å². The summed E-state index contributed by atoms with van der Waals surface area (Å²) in [7, 11) is 0. The Labute approximate surface area is 130 Å². The molecule has 0 amide bonds. The lowest BCUT2D eigenvalue weighted by molar-refractivity contribution is 0.307. The van der Waals surface area contributed by atoms with Gasteiger partial charge in [-0.3, -0.25) is 4.90 Å². The molecule has 22 heavy (non-hydrogen) atoms. The van der Waals surface area contributed by atoms with Crippen LogP contribution in [-0.2, 0) is 12.0 Å². The van der Waals surface area contributed by atoms with Crippen molar-refractivity contribution in [2.24, 2.45) is 0 Å². The fraction of sp³-hybridized carbons (Fsp3) is 0.529. The SMILES string of the molecule is CC(C)(C)c1noc(C2CCN(Cc3ccc(F)cc3)C2)n1. The van der Waals surface area contributed by atoms with Crippen LogP contribution in [0, 0.1) is 5.82 Å². The van der Waals surface area contributed by atoms with Gasteiger partial charge >= 0.3 is 0 Å². The van der Waals surface area contributed by atoms with Gasteiger partial charge in [-0.1, -0.05) is 38.1 Å². The Hall–Kier alpha value is -1.75. The van der Waals surface area contributed by atoms with Crippen LogP contribution in [-0.4, -0.2) is 28.1 Å². The van der Waals surface area contributed by atoms with Crippen molar-refractivity contribution in [1.29, 1.82) is 0 Å². The molecule has 0 N–H and O–H groups in total. The van der Waals surface area contributed by atoms with Gasteiger partial charge in [-0.25, -0.2) is 4.39 Å². The Morgan fingerprint density at radius 2 is 2.00 bits per heavy atom. The number of likely N-dealkylation sites (tertiary alicyclic amines) is 1. The molecule has 0 bridgehead atoms. The Kier molecular flexibility index (Phi) is 4.00. The van der Waals surface area contributed by atoms with Gasteiger partial charge in [-0.05, 0) is 30.7 Å². The maximum absolute atomic E-state index is 12.9. The molecule has 1 fully saturated rings. The number of hydrogen-bond donors (Lipinski definition) is 0. The van der Waals surface area contributed by atoms with Crippen LogP contribution < -0.4 is 0 Å². The zero-order chi connectivity index (χ0) is 15.7. The summed E-state index contributed by atoms with van der Waals surface area (Å²) in [6.07, 6.45) is 1.02. The first-order valence-corrected chi connectivity index (χ1v) is 7.73. The highest BCUT2D eigenvalue weighted by atomic mass is 19.1. The molecule has 118 valence electrons. The molecule has 1 saturated heterocycles. The fourth-order valence-electron chi connectivity index (χ4n) is 2.73. The van der Waals surface area contributed by atoms with Crippen LogP contribution >= 0.6 is 0 Å². The molecule has 1 aliphatic rings. The number of hydrogen-bond acceptors (Lipinski definition) is 4. The van der Waals surface area contributed by atoms with E-state index in [2.05, 4.69) is 35.8 Å². The van der Waals surface area contributed by atoms with E-state index in [1.54, 1.807) is 0 Å². The lowest BCUT2D eigenvalue weighted by atomic mass is 9.96. The van der Waals surface area contributed by atoms with Gasteiger partial charge in [-0.15, -0.1) is 0 Å². The number of nitrogens with zero attached hydrogens (tertiary/aromatic N) is 3. The van der Waals surface area contributed by atoms with Gasteiger partial charge in [0.2, 0.25) is 5.89 Å². The second kappa shape index (κ2) is 5.80. The van der Waals surface area contributed by atoms with E-state index < -0.39 is 0 Å². The van der Waals surface area contributed by atoms with Gasteiger partial charge in [0.25, 0.3) is 0 Å². The molecular formula is C17H22FN3O. The predicted octanol–water partition coefficient (Wildman–Crippen LogP) is 3.50. The Morgan fingerprint density at radius 1 is 1.27 bits per heavy atom. The van der Waals surface area contributed by atoms with Crippen LogP contribution in [0.1, 0.15) is 50.4 Å². The fourth-order valence-corrected chi connectivity index (χ4v) is 2.73. The zero-order valence-electron chi connectivity index (χ0n) is 13.3. The van der Waals surface area contributed by atoms with Gasteiger partial charge in [0.1, 0.15) is 5.82 Å². The van der Waals surface area contributed by atoms with E-state index in [-0.39, 0.29) is 11.2 Å². The molecule has 4 nitrogen and oxygen atoms in total. The van der Waals surface area contributed by atoms with Gasteiger partial charge in [0, 0.05) is 18.5 Å². The average Bonchev–Trinajstić information content (AvgIpc) is 3.09. The van der Waals surface area contributed by atoms with Crippen LogP contribution in [0.5, 0.6) is 0 Å².